The smallest absolute Gasteiger partial charge is 0.307 e. The van der Waals surface area contributed by atoms with Crippen molar-refractivity contribution >= 4 is 49.0 Å². The maximum absolute atomic E-state index is 14.1. The van der Waals surface area contributed by atoms with Crippen LogP contribution >= 0.6 is 0 Å². The number of halogens is 3. The van der Waals surface area contributed by atoms with Gasteiger partial charge in [0, 0.05) is 16.8 Å². The van der Waals surface area contributed by atoms with E-state index in [-0.39, 0.29) is 11.8 Å². The molecule has 0 aliphatic rings. The highest BCUT2D eigenvalue weighted by atomic mass is 19.4. The summed E-state index contributed by atoms with van der Waals surface area (Å²) in [7, 11) is 2.07. The third kappa shape index (κ3) is 3.23. The van der Waals surface area contributed by atoms with E-state index in [1.807, 2.05) is 30.5 Å². The van der Waals surface area contributed by atoms with E-state index in [0.717, 1.165) is 49.2 Å². The fourth-order valence-electron chi connectivity index (χ4n) is 6.34. The van der Waals surface area contributed by atoms with Gasteiger partial charge in [0.25, 0.3) is 0 Å². The van der Waals surface area contributed by atoms with Crippen LogP contribution in [0.15, 0.2) is 48.7 Å². The zero-order valence-electron chi connectivity index (χ0n) is 23.4. The number of benzene rings is 3. The topological polar surface area (TPSA) is 8.29 Å². The second-order valence-electron chi connectivity index (χ2n) is 12.7. The van der Waals surface area contributed by atoms with Crippen LogP contribution in [0, 0.1) is 19.3 Å². The van der Waals surface area contributed by atoms with E-state index in [1.165, 1.54) is 35.9 Å². The summed E-state index contributed by atoms with van der Waals surface area (Å²) in [5.74, 6) is 0. The van der Waals surface area contributed by atoms with E-state index in [0.29, 0.717) is 0 Å². The van der Waals surface area contributed by atoms with Crippen LogP contribution in [-0.2, 0) is 18.9 Å². The monoisotopic (exact) mass is 515 g/mol. The maximum Gasteiger partial charge on any atom is 0.394 e. The van der Waals surface area contributed by atoms with E-state index < -0.39 is 11.6 Å². The summed E-state index contributed by atoms with van der Waals surface area (Å²) in [5, 5.41) is 5.23. The van der Waals surface area contributed by atoms with Gasteiger partial charge in [-0.2, -0.15) is 13.2 Å². The molecule has 5 heteroatoms. The van der Waals surface area contributed by atoms with Crippen LogP contribution in [0.4, 0.5) is 13.2 Å². The SMILES string of the molecule is Cc1cc(C(C)(C)C)c2c(c1C)c1c3c(cc[n+]1C)cc(CC(C)(C)C(F)(F)F)c1c4ccccc4n2c13. The first-order valence-electron chi connectivity index (χ1n) is 13.2. The molecule has 0 radical (unpaired) electrons. The minimum absolute atomic E-state index is 0.0841. The van der Waals surface area contributed by atoms with Gasteiger partial charge in [0.05, 0.1) is 32.7 Å². The normalized spacial score (nSPS) is 13.8. The Kier molecular flexibility index (Phi) is 5.00. The molecule has 0 aliphatic carbocycles. The van der Waals surface area contributed by atoms with E-state index in [9.17, 15) is 13.2 Å². The molecule has 3 heterocycles. The van der Waals surface area contributed by atoms with Gasteiger partial charge in [0.2, 0.25) is 5.52 Å². The fraction of sp³-hybridized carbons (Fsp3) is 0.364. The summed E-state index contributed by atoms with van der Waals surface area (Å²) >= 11 is 0. The molecule has 0 saturated heterocycles. The molecular formula is C33H34F3N2+. The predicted octanol–water partition coefficient (Wildman–Crippen LogP) is 8.86. The van der Waals surface area contributed by atoms with Crippen LogP contribution in [0.1, 0.15) is 56.9 Å². The minimum Gasteiger partial charge on any atom is -0.307 e. The number of alkyl halides is 3. The Balaban J connectivity index is 1.98. The van der Waals surface area contributed by atoms with Gasteiger partial charge in [-0.3, -0.25) is 0 Å². The lowest BCUT2D eigenvalue weighted by molar-refractivity contribution is -0.643. The summed E-state index contributed by atoms with van der Waals surface area (Å²) in [4.78, 5) is 0. The number of aryl methyl sites for hydroxylation is 3. The molecule has 0 unspecified atom stereocenters. The van der Waals surface area contributed by atoms with Crippen LogP contribution in [-0.4, -0.2) is 10.6 Å². The van der Waals surface area contributed by atoms with E-state index in [2.05, 4.69) is 68.8 Å². The zero-order valence-corrected chi connectivity index (χ0v) is 23.4. The van der Waals surface area contributed by atoms with E-state index >= 15 is 0 Å². The molecule has 3 aromatic carbocycles. The van der Waals surface area contributed by atoms with Crippen molar-refractivity contribution in [3.05, 3.63) is 70.9 Å². The van der Waals surface area contributed by atoms with Gasteiger partial charge >= 0.3 is 6.18 Å². The van der Waals surface area contributed by atoms with Crippen LogP contribution in [0.3, 0.4) is 0 Å². The third-order valence-corrected chi connectivity index (χ3v) is 8.61. The van der Waals surface area contributed by atoms with Crippen molar-refractivity contribution in [1.82, 2.24) is 4.40 Å². The number of fused-ring (bicyclic) bond motifs is 6. The van der Waals surface area contributed by atoms with Crippen LogP contribution < -0.4 is 4.57 Å². The van der Waals surface area contributed by atoms with Crippen molar-refractivity contribution in [2.24, 2.45) is 12.5 Å². The Morgan fingerprint density at radius 2 is 1.53 bits per heavy atom. The van der Waals surface area contributed by atoms with Crippen LogP contribution in [0.5, 0.6) is 0 Å². The van der Waals surface area contributed by atoms with Gasteiger partial charge in [0.1, 0.15) is 7.05 Å². The van der Waals surface area contributed by atoms with E-state index in [4.69, 9.17) is 0 Å². The summed E-state index contributed by atoms with van der Waals surface area (Å²) in [5.41, 5.74) is 6.79. The van der Waals surface area contributed by atoms with Gasteiger partial charge in [-0.05, 0) is 65.5 Å². The first-order valence-corrected chi connectivity index (χ1v) is 13.2. The zero-order chi connectivity index (χ0) is 27.5. The van der Waals surface area contributed by atoms with Crippen molar-refractivity contribution in [1.29, 1.82) is 0 Å². The third-order valence-electron chi connectivity index (χ3n) is 8.61. The van der Waals surface area contributed by atoms with Crippen molar-refractivity contribution in [2.75, 3.05) is 0 Å². The van der Waals surface area contributed by atoms with Crippen molar-refractivity contribution < 1.29 is 17.7 Å². The summed E-state index contributed by atoms with van der Waals surface area (Å²) < 4.78 is 46.9. The summed E-state index contributed by atoms with van der Waals surface area (Å²) in [6.07, 6.45) is -2.35. The van der Waals surface area contributed by atoms with Crippen molar-refractivity contribution in [3.8, 4) is 0 Å². The Hall–Kier alpha value is -3.34. The average Bonchev–Trinajstić information content (AvgIpc) is 3.16. The largest absolute Gasteiger partial charge is 0.394 e. The van der Waals surface area contributed by atoms with Crippen molar-refractivity contribution in [2.45, 2.75) is 66.5 Å². The number of rotatable bonds is 2. The Bertz CT molecular complexity index is 1910. The molecule has 0 fully saturated rings. The molecule has 0 spiro atoms. The number of nitrogens with zero attached hydrogens (tertiary/aromatic N) is 2. The molecule has 3 aromatic heterocycles. The van der Waals surface area contributed by atoms with Gasteiger partial charge in [0.15, 0.2) is 6.20 Å². The standard InChI is InChI=1S/C33H34F3N2/c1-18-15-23(31(3,4)5)28-25(19(18)2)29-27-20(13-14-37(29)8)16-21(17-32(6,7)33(34,35)36)26-22-11-9-10-12-24(22)38(28)30(26)27/h9-16H,17H2,1-8H3/q+1. The molecule has 0 atom stereocenters. The van der Waals surface area contributed by atoms with Gasteiger partial charge in [-0.25, -0.2) is 4.57 Å². The molecule has 2 nitrogen and oxygen atoms in total. The highest BCUT2D eigenvalue weighted by Gasteiger charge is 2.47. The highest BCUT2D eigenvalue weighted by molar-refractivity contribution is 6.28. The number of aromatic nitrogens is 2. The Morgan fingerprint density at radius 1 is 0.842 bits per heavy atom. The number of hydrogen-bond donors (Lipinski definition) is 0. The molecule has 0 aliphatic heterocycles. The maximum atomic E-state index is 14.1. The number of pyridine rings is 2. The molecule has 196 valence electrons. The number of hydrogen-bond acceptors (Lipinski definition) is 0. The highest BCUT2D eigenvalue weighted by Crippen LogP contribution is 2.48. The Morgan fingerprint density at radius 3 is 2.18 bits per heavy atom. The van der Waals surface area contributed by atoms with Crippen LogP contribution in [0.2, 0.25) is 0 Å². The molecular weight excluding hydrogens is 481 g/mol. The molecule has 0 bridgehead atoms. The molecule has 0 N–H and O–H groups in total. The lowest BCUT2D eigenvalue weighted by atomic mass is 9.81. The van der Waals surface area contributed by atoms with E-state index in [1.54, 1.807) is 0 Å². The van der Waals surface area contributed by atoms with Gasteiger partial charge in [-0.1, -0.05) is 58.9 Å². The Labute approximate surface area is 221 Å². The molecule has 0 amide bonds. The van der Waals surface area contributed by atoms with Gasteiger partial charge in [-0.15, -0.1) is 0 Å². The first kappa shape index (κ1) is 25.0. The number of para-hydroxylation sites is 1. The molecule has 0 saturated carbocycles. The molecule has 6 rings (SSSR count). The second kappa shape index (κ2) is 7.62. The summed E-state index contributed by atoms with van der Waals surface area (Å²) in [6.45, 7) is 13.7. The second-order valence-corrected chi connectivity index (χ2v) is 12.7. The van der Waals surface area contributed by atoms with Crippen molar-refractivity contribution in [3.63, 3.8) is 0 Å². The lowest BCUT2D eigenvalue weighted by Gasteiger charge is -2.28. The first-order chi connectivity index (χ1) is 17.6. The molecule has 6 aromatic rings. The summed E-state index contributed by atoms with van der Waals surface area (Å²) in [6, 6.07) is 14.5. The predicted molar refractivity (Wildman–Crippen MR) is 151 cm³/mol. The minimum atomic E-state index is -4.31. The van der Waals surface area contributed by atoms with Crippen LogP contribution in [0.25, 0.3) is 49.0 Å². The van der Waals surface area contributed by atoms with Gasteiger partial charge < -0.3 is 4.40 Å². The molecule has 38 heavy (non-hydrogen) atoms. The quantitative estimate of drug-likeness (QED) is 0.124. The fourth-order valence-corrected chi connectivity index (χ4v) is 6.34. The lowest BCUT2D eigenvalue weighted by Crippen LogP contribution is -2.34. The average molecular weight is 516 g/mol.